The Morgan fingerprint density at radius 1 is 1.43 bits per heavy atom. The molecule has 3 nitrogen and oxygen atoms in total. The number of anilines is 1. The van der Waals surface area contributed by atoms with E-state index in [-0.39, 0.29) is 17.1 Å². The fourth-order valence-electron chi connectivity index (χ4n) is 1.09. The maximum atomic E-state index is 13.3. The van der Waals surface area contributed by atoms with E-state index >= 15 is 0 Å². The number of benzene rings is 1. The van der Waals surface area contributed by atoms with Crippen LogP contribution in [0.3, 0.4) is 0 Å². The molecule has 0 heterocycles. The van der Waals surface area contributed by atoms with Gasteiger partial charge in [-0.1, -0.05) is 12.1 Å². The van der Waals surface area contributed by atoms with Gasteiger partial charge in [-0.15, -0.1) is 11.6 Å². The Bertz CT molecular complexity index is 322. The van der Waals surface area contributed by atoms with Crippen molar-refractivity contribution in [3.8, 4) is 0 Å². The van der Waals surface area contributed by atoms with Crippen LogP contribution in [0.2, 0.25) is 0 Å². The van der Waals surface area contributed by atoms with E-state index in [9.17, 15) is 14.6 Å². The molecule has 0 aliphatic heterocycles. The maximum Gasteiger partial charge on any atom is 0.151 e. The Morgan fingerprint density at radius 2 is 2.07 bits per heavy atom. The topological polar surface area (TPSA) is 66.5 Å². The van der Waals surface area contributed by atoms with Crippen molar-refractivity contribution >= 4 is 17.3 Å². The zero-order chi connectivity index (χ0) is 10.7. The number of alkyl halides is 1. The van der Waals surface area contributed by atoms with Gasteiger partial charge >= 0.3 is 0 Å². The number of halogens is 2. The first-order valence-electron chi connectivity index (χ1n) is 4.04. The van der Waals surface area contributed by atoms with Gasteiger partial charge in [0.15, 0.2) is 5.82 Å². The van der Waals surface area contributed by atoms with Gasteiger partial charge in [-0.2, -0.15) is 0 Å². The Morgan fingerprint density at radius 3 is 2.64 bits per heavy atom. The van der Waals surface area contributed by atoms with Crippen LogP contribution in [0.25, 0.3) is 0 Å². The lowest BCUT2D eigenvalue weighted by Gasteiger charge is -2.16. The van der Waals surface area contributed by atoms with Gasteiger partial charge in [0.1, 0.15) is 6.10 Å². The van der Waals surface area contributed by atoms with Gasteiger partial charge in [-0.25, -0.2) is 4.39 Å². The second-order valence-electron chi connectivity index (χ2n) is 2.92. The molecule has 0 bridgehead atoms. The summed E-state index contributed by atoms with van der Waals surface area (Å²) in [4.78, 5) is 0. The van der Waals surface area contributed by atoms with E-state index in [2.05, 4.69) is 0 Å². The average molecular weight is 220 g/mol. The number of nitrogen functional groups attached to an aromatic ring is 1. The number of aliphatic hydroxyl groups is 2. The van der Waals surface area contributed by atoms with E-state index in [4.69, 9.17) is 17.3 Å². The first-order chi connectivity index (χ1) is 6.57. The van der Waals surface area contributed by atoms with Crippen LogP contribution in [0.1, 0.15) is 11.7 Å². The minimum Gasteiger partial charge on any atom is -0.396 e. The highest BCUT2D eigenvalue weighted by atomic mass is 35.5. The second kappa shape index (κ2) is 4.59. The second-order valence-corrected chi connectivity index (χ2v) is 3.23. The standard InChI is InChI=1S/C9H11ClFNO2/c10-4-7(13)9(14)5-2-1-3-6(12)8(5)11/h1-3,7,9,13-14H,4,12H2. The third-order valence-corrected chi connectivity index (χ3v) is 2.22. The Kier molecular flexibility index (Phi) is 3.69. The molecule has 1 aromatic rings. The Labute approximate surface area is 85.9 Å². The van der Waals surface area contributed by atoms with Crippen molar-refractivity contribution in [1.29, 1.82) is 0 Å². The summed E-state index contributed by atoms with van der Waals surface area (Å²) in [5.74, 6) is -0.890. The SMILES string of the molecule is Nc1cccc(C(O)C(O)CCl)c1F. The average Bonchev–Trinajstić information content (AvgIpc) is 2.20. The molecule has 0 fully saturated rings. The predicted octanol–water partition coefficient (Wildman–Crippen LogP) is 1.04. The van der Waals surface area contributed by atoms with Crippen molar-refractivity contribution < 1.29 is 14.6 Å². The zero-order valence-electron chi connectivity index (χ0n) is 7.32. The van der Waals surface area contributed by atoms with Crippen LogP contribution < -0.4 is 5.73 Å². The van der Waals surface area contributed by atoms with Gasteiger partial charge < -0.3 is 15.9 Å². The molecule has 0 amide bonds. The molecule has 5 heteroatoms. The van der Waals surface area contributed by atoms with Crippen molar-refractivity contribution in [1.82, 2.24) is 0 Å². The van der Waals surface area contributed by atoms with E-state index in [1.54, 1.807) is 0 Å². The third kappa shape index (κ3) is 2.15. The number of hydrogen-bond donors (Lipinski definition) is 3. The lowest BCUT2D eigenvalue weighted by atomic mass is 10.0. The third-order valence-electron chi connectivity index (χ3n) is 1.90. The summed E-state index contributed by atoms with van der Waals surface area (Å²) < 4.78 is 13.3. The van der Waals surface area contributed by atoms with Crippen molar-refractivity contribution in [3.63, 3.8) is 0 Å². The molecule has 2 unspecified atom stereocenters. The van der Waals surface area contributed by atoms with E-state index < -0.39 is 18.0 Å². The van der Waals surface area contributed by atoms with Crippen LogP contribution in [0.15, 0.2) is 18.2 Å². The molecule has 78 valence electrons. The highest BCUT2D eigenvalue weighted by Crippen LogP contribution is 2.24. The monoisotopic (exact) mass is 219 g/mol. The largest absolute Gasteiger partial charge is 0.396 e. The minimum absolute atomic E-state index is 0.0434. The fourth-order valence-corrected chi connectivity index (χ4v) is 1.26. The molecular formula is C9H11ClFNO2. The highest BCUT2D eigenvalue weighted by Gasteiger charge is 2.21. The van der Waals surface area contributed by atoms with Crippen LogP contribution in [0, 0.1) is 5.82 Å². The number of hydrogen-bond acceptors (Lipinski definition) is 3. The molecule has 14 heavy (non-hydrogen) atoms. The molecule has 0 spiro atoms. The fraction of sp³-hybridized carbons (Fsp3) is 0.333. The van der Waals surface area contributed by atoms with Crippen LogP contribution in [0.4, 0.5) is 10.1 Å². The zero-order valence-corrected chi connectivity index (χ0v) is 8.08. The normalized spacial score (nSPS) is 15.1. The molecule has 0 saturated carbocycles. The number of aliphatic hydroxyl groups excluding tert-OH is 2. The lowest BCUT2D eigenvalue weighted by molar-refractivity contribution is 0.0305. The first kappa shape index (κ1) is 11.2. The minimum atomic E-state index is -1.35. The Balaban J connectivity index is 3.01. The molecule has 0 radical (unpaired) electrons. The maximum absolute atomic E-state index is 13.3. The van der Waals surface area contributed by atoms with Crippen LogP contribution in [0.5, 0.6) is 0 Å². The van der Waals surface area contributed by atoms with Gasteiger partial charge in [0.25, 0.3) is 0 Å². The van der Waals surface area contributed by atoms with Gasteiger partial charge in [0, 0.05) is 5.56 Å². The Hall–Kier alpha value is -0.840. The molecule has 2 atom stereocenters. The van der Waals surface area contributed by atoms with E-state index in [0.29, 0.717) is 0 Å². The summed E-state index contributed by atoms with van der Waals surface area (Å²) >= 11 is 5.33. The van der Waals surface area contributed by atoms with Crippen molar-refractivity contribution in [2.45, 2.75) is 12.2 Å². The molecular weight excluding hydrogens is 209 g/mol. The summed E-state index contributed by atoms with van der Waals surface area (Å²) in [6.45, 7) is 0. The summed E-state index contributed by atoms with van der Waals surface area (Å²) in [7, 11) is 0. The van der Waals surface area contributed by atoms with Gasteiger partial charge in [-0.05, 0) is 6.07 Å². The van der Waals surface area contributed by atoms with Crippen molar-refractivity contribution in [3.05, 3.63) is 29.6 Å². The summed E-state index contributed by atoms with van der Waals surface area (Å²) in [6.07, 6.45) is -2.55. The number of rotatable bonds is 3. The van der Waals surface area contributed by atoms with E-state index in [1.807, 2.05) is 0 Å². The van der Waals surface area contributed by atoms with Crippen LogP contribution in [-0.2, 0) is 0 Å². The smallest absolute Gasteiger partial charge is 0.151 e. The quantitative estimate of drug-likeness (QED) is 0.526. The summed E-state index contributed by atoms with van der Waals surface area (Å²) in [5, 5.41) is 18.7. The molecule has 0 saturated heterocycles. The van der Waals surface area contributed by atoms with Gasteiger partial charge in [0.2, 0.25) is 0 Å². The first-order valence-corrected chi connectivity index (χ1v) is 4.57. The van der Waals surface area contributed by atoms with Gasteiger partial charge in [-0.3, -0.25) is 0 Å². The van der Waals surface area contributed by atoms with Crippen LogP contribution >= 0.6 is 11.6 Å². The van der Waals surface area contributed by atoms with E-state index in [0.717, 1.165) is 0 Å². The molecule has 0 aliphatic carbocycles. The number of nitrogens with two attached hydrogens (primary N) is 1. The lowest BCUT2D eigenvalue weighted by Crippen LogP contribution is -2.21. The van der Waals surface area contributed by atoms with Crippen molar-refractivity contribution in [2.75, 3.05) is 11.6 Å². The highest BCUT2D eigenvalue weighted by molar-refractivity contribution is 6.18. The molecule has 0 aliphatic rings. The van der Waals surface area contributed by atoms with Gasteiger partial charge in [0.05, 0.1) is 17.7 Å². The van der Waals surface area contributed by atoms with Crippen LogP contribution in [-0.4, -0.2) is 22.2 Å². The van der Waals surface area contributed by atoms with E-state index in [1.165, 1.54) is 18.2 Å². The molecule has 0 aromatic heterocycles. The molecule has 1 aromatic carbocycles. The molecule has 1 rings (SSSR count). The summed E-state index contributed by atoms with van der Waals surface area (Å²) in [6, 6.07) is 4.22. The predicted molar refractivity (Wildman–Crippen MR) is 52.5 cm³/mol. The summed E-state index contributed by atoms with van der Waals surface area (Å²) in [5.41, 5.74) is 5.19. The molecule has 4 N–H and O–H groups in total. The van der Waals surface area contributed by atoms with Crippen molar-refractivity contribution in [2.24, 2.45) is 0 Å².